The molecule has 0 aromatic rings. The molecule has 0 aliphatic heterocycles. The van der Waals surface area contributed by atoms with E-state index in [2.05, 4.69) is 41.5 Å². The summed E-state index contributed by atoms with van der Waals surface area (Å²) in [5.41, 5.74) is 0. The number of rotatable bonds is 65. The third-order valence-electron chi connectivity index (χ3n) is 15.6. The van der Waals surface area contributed by atoms with E-state index in [1.54, 1.807) is 0 Å². The molecule has 0 fully saturated rings. The van der Waals surface area contributed by atoms with Crippen molar-refractivity contribution in [3.63, 3.8) is 0 Å². The van der Waals surface area contributed by atoms with E-state index in [-0.39, 0.29) is 25.7 Å². The zero-order valence-electron chi connectivity index (χ0n) is 54.9. The van der Waals surface area contributed by atoms with Crippen LogP contribution in [-0.2, 0) is 65.4 Å². The third-order valence-corrected chi connectivity index (χ3v) is 17.5. The maximum absolute atomic E-state index is 13.0. The van der Waals surface area contributed by atoms with Crippen LogP contribution in [0.25, 0.3) is 0 Å². The lowest BCUT2D eigenvalue weighted by Gasteiger charge is -2.21. The van der Waals surface area contributed by atoms with Crippen LogP contribution in [0.3, 0.4) is 0 Å². The minimum absolute atomic E-state index is 0.103. The smallest absolute Gasteiger partial charge is 0.462 e. The molecular formula is C66H128O17P2. The second kappa shape index (κ2) is 58.4. The fraction of sp³-hybridized carbons (Fsp3) is 0.939. The molecule has 19 heteroatoms. The van der Waals surface area contributed by atoms with E-state index in [1.165, 1.54) is 141 Å². The van der Waals surface area contributed by atoms with Crippen molar-refractivity contribution >= 4 is 39.5 Å². The Morgan fingerprint density at radius 1 is 0.341 bits per heavy atom. The molecule has 0 saturated carbocycles. The van der Waals surface area contributed by atoms with Crippen molar-refractivity contribution in [1.29, 1.82) is 0 Å². The molecule has 0 radical (unpaired) electrons. The van der Waals surface area contributed by atoms with E-state index in [1.807, 2.05) is 0 Å². The zero-order valence-corrected chi connectivity index (χ0v) is 56.7. The Kier molecular flexibility index (Phi) is 57.1. The standard InChI is InChI=1S/C66H128O17P2/c1-7-10-12-14-16-18-22-26-30-37-43-49-64(69)77-54-61(82-65(70)50-44-38-31-27-24-21-19-20-23-25-28-34-40-46-58(4)5)56-80-84(72,73)78-52-60(67)53-79-85(74,75)81-57-62(55-76-63(68)48-42-36-29-17-15-13-11-8-2)83-66(71)51-45-39-33-32-35-41-47-59(6)9-3/h58-62,67H,7-57H2,1-6H3,(H,72,73)(H,74,75)/t59?,60-,61-,62-/m1/s1. The van der Waals surface area contributed by atoms with Crippen LogP contribution < -0.4 is 0 Å². The number of aliphatic hydroxyl groups excluding tert-OH is 1. The van der Waals surface area contributed by atoms with Gasteiger partial charge in [-0.2, -0.15) is 0 Å². The van der Waals surface area contributed by atoms with Crippen molar-refractivity contribution in [2.45, 2.75) is 349 Å². The van der Waals surface area contributed by atoms with Gasteiger partial charge in [0.15, 0.2) is 12.2 Å². The fourth-order valence-electron chi connectivity index (χ4n) is 9.85. The summed E-state index contributed by atoms with van der Waals surface area (Å²) in [6, 6.07) is 0. The van der Waals surface area contributed by atoms with E-state index in [0.717, 1.165) is 108 Å². The highest BCUT2D eigenvalue weighted by Gasteiger charge is 2.30. The lowest BCUT2D eigenvalue weighted by molar-refractivity contribution is -0.161. The van der Waals surface area contributed by atoms with Gasteiger partial charge in [-0.15, -0.1) is 0 Å². The topological polar surface area (TPSA) is 237 Å². The van der Waals surface area contributed by atoms with Gasteiger partial charge < -0.3 is 33.8 Å². The van der Waals surface area contributed by atoms with Crippen LogP contribution in [0.5, 0.6) is 0 Å². The van der Waals surface area contributed by atoms with Gasteiger partial charge in [-0.3, -0.25) is 37.3 Å². The second-order valence-electron chi connectivity index (χ2n) is 24.6. The van der Waals surface area contributed by atoms with Gasteiger partial charge in [-0.25, -0.2) is 9.13 Å². The van der Waals surface area contributed by atoms with Gasteiger partial charge in [0.25, 0.3) is 0 Å². The molecule has 0 saturated heterocycles. The van der Waals surface area contributed by atoms with Crippen LogP contribution in [-0.4, -0.2) is 96.7 Å². The van der Waals surface area contributed by atoms with Crippen molar-refractivity contribution in [2.24, 2.45) is 11.8 Å². The SMILES string of the molecule is CCCCCCCCCCCCCC(=O)OC[C@H](COP(=O)(O)OC[C@@H](O)COP(=O)(O)OC[C@@H](COC(=O)CCCCCCCCCC)OC(=O)CCCCCCCCC(C)CC)OC(=O)CCCCCCCCCCCCCCCC(C)C. The van der Waals surface area contributed by atoms with Gasteiger partial charge in [0, 0.05) is 25.7 Å². The lowest BCUT2D eigenvalue weighted by atomic mass is 10.00. The van der Waals surface area contributed by atoms with Gasteiger partial charge in [-0.05, 0) is 37.5 Å². The van der Waals surface area contributed by atoms with E-state index >= 15 is 0 Å². The number of ether oxygens (including phenoxy) is 4. The summed E-state index contributed by atoms with van der Waals surface area (Å²) >= 11 is 0. The molecule has 504 valence electrons. The number of unbranched alkanes of at least 4 members (excludes halogenated alkanes) is 34. The summed E-state index contributed by atoms with van der Waals surface area (Å²) in [5.74, 6) is -0.627. The van der Waals surface area contributed by atoms with Crippen molar-refractivity contribution < 1.29 is 80.2 Å². The summed E-state index contributed by atoms with van der Waals surface area (Å²) < 4.78 is 68.0. The second-order valence-corrected chi connectivity index (χ2v) is 27.5. The van der Waals surface area contributed by atoms with Crippen LogP contribution in [0.15, 0.2) is 0 Å². The van der Waals surface area contributed by atoms with E-state index in [9.17, 15) is 43.2 Å². The molecule has 17 nitrogen and oxygen atoms in total. The monoisotopic (exact) mass is 1250 g/mol. The summed E-state index contributed by atoms with van der Waals surface area (Å²) in [5, 5.41) is 10.5. The first-order chi connectivity index (χ1) is 40.9. The fourth-order valence-corrected chi connectivity index (χ4v) is 11.4. The molecule has 0 aliphatic carbocycles. The number of aliphatic hydroxyl groups is 1. The number of carbonyl (C=O) groups excluding carboxylic acids is 4. The Morgan fingerprint density at radius 2 is 0.600 bits per heavy atom. The highest BCUT2D eigenvalue weighted by atomic mass is 31.2. The molecular weight excluding hydrogens is 1130 g/mol. The molecule has 6 atom stereocenters. The molecule has 0 rings (SSSR count). The number of hydrogen-bond acceptors (Lipinski definition) is 15. The Labute approximate surface area is 517 Å². The number of phosphoric acid groups is 2. The molecule has 3 N–H and O–H groups in total. The molecule has 0 aromatic carbocycles. The van der Waals surface area contributed by atoms with Gasteiger partial charge in [0.2, 0.25) is 0 Å². The first-order valence-electron chi connectivity index (χ1n) is 34.5. The summed E-state index contributed by atoms with van der Waals surface area (Å²) in [6.45, 7) is 9.45. The van der Waals surface area contributed by atoms with E-state index in [4.69, 9.17) is 37.0 Å². The van der Waals surface area contributed by atoms with Gasteiger partial charge in [0.1, 0.15) is 19.3 Å². The minimum Gasteiger partial charge on any atom is -0.462 e. The Balaban J connectivity index is 5.22. The van der Waals surface area contributed by atoms with Crippen LogP contribution in [0.4, 0.5) is 0 Å². The molecule has 3 unspecified atom stereocenters. The summed E-state index contributed by atoms with van der Waals surface area (Å²) in [7, 11) is -9.89. The number of hydrogen-bond donors (Lipinski definition) is 3. The maximum atomic E-state index is 13.0. The first-order valence-corrected chi connectivity index (χ1v) is 37.5. The predicted octanol–water partition coefficient (Wildman–Crippen LogP) is 18.4. The average molecular weight is 1260 g/mol. The lowest BCUT2D eigenvalue weighted by Crippen LogP contribution is -2.30. The zero-order chi connectivity index (χ0) is 62.9. The molecule has 0 heterocycles. The normalized spacial score (nSPS) is 14.6. The quantitative estimate of drug-likeness (QED) is 0.0222. The molecule has 0 aliphatic rings. The van der Waals surface area contributed by atoms with Gasteiger partial charge in [-0.1, -0.05) is 279 Å². The average Bonchev–Trinajstić information content (AvgIpc) is 3.51. The Bertz CT molecular complexity index is 1670. The predicted molar refractivity (Wildman–Crippen MR) is 340 cm³/mol. The minimum atomic E-state index is -4.95. The highest BCUT2D eigenvalue weighted by Crippen LogP contribution is 2.45. The molecule has 0 amide bonds. The molecule has 0 bridgehead atoms. The third kappa shape index (κ3) is 59.5. The van der Waals surface area contributed by atoms with E-state index in [0.29, 0.717) is 25.7 Å². The van der Waals surface area contributed by atoms with Crippen LogP contribution in [0.2, 0.25) is 0 Å². The maximum Gasteiger partial charge on any atom is 0.472 e. The van der Waals surface area contributed by atoms with Gasteiger partial charge >= 0.3 is 39.5 Å². The van der Waals surface area contributed by atoms with Crippen molar-refractivity contribution in [3.05, 3.63) is 0 Å². The Hall–Kier alpha value is -1.94. The highest BCUT2D eigenvalue weighted by molar-refractivity contribution is 7.47. The summed E-state index contributed by atoms with van der Waals surface area (Å²) in [4.78, 5) is 72.2. The van der Waals surface area contributed by atoms with Crippen LogP contribution >= 0.6 is 15.6 Å². The number of esters is 4. The van der Waals surface area contributed by atoms with Crippen molar-refractivity contribution in [2.75, 3.05) is 39.6 Å². The number of phosphoric ester groups is 2. The Morgan fingerprint density at radius 3 is 0.894 bits per heavy atom. The van der Waals surface area contributed by atoms with Gasteiger partial charge in [0.05, 0.1) is 26.4 Å². The van der Waals surface area contributed by atoms with E-state index < -0.39 is 97.5 Å². The summed E-state index contributed by atoms with van der Waals surface area (Å²) in [6.07, 6.45) is 41.7. The largest absolute Gasteiger partial charge is 0.472 e. The first kappa shape index (κ1) is 83.1. The number of carbonyl (C=O) groups is 4. The van der Waals surface area contributed by atoms with Crippen molar-refractivity contribution in [3.8, 4) is 0 Å². The van der Waals surface area contributed by atoms with Crippen LogP contribution in [0, 0.1) is 11.8 Å². The van der Waals surface area contributed by atoms with Crippen molar-refractivity contribution in [1.82, 2.24) is 0 Å². The molecule has 85 heavy (non-hydrogen) atoms. The molecule has 0 spiro atoms. The molecule has 0 aromatic heterocycles. The van der Waals surface area contributed by atoms with Crippen LogP contribution in [0.1, 0.15) is 330 Å².